The van der Waals surface area contributed by atoms with E-state index >= 15 is 0 Å². The largest absolute Gasteiger partial charge is 0.348 e. The molecule has 0 saturated heterocycles. The lowest BCUT2D eigenvalue weighted by molar-refractivity contribution is 0.0940. The van der Waals surface area contributed by atoms with Crippen molar-refractivity contribution in [3.8, 4) is 0 Å². The van der Waals surface area contributed by atoms with Gasteiger partial charge in [0.15, 0.2) is 0 Å². The molecule has 0 fully saturated rings. The topological polar surface area (TPSA) is 29.1 Å². The monoisotopic (exact) mass is 269 g/mol. The SMILES string of the molecule is CCC(CBr)NC(=O)c1cccc(C)c1. The lowest BCUT2D eigenvalue weighted by atomic mass is 10.1. The standard InChI is InChI=1S/C12H16BrNO/c1-3-11(8-13)14-12(15)10-6-4-5-9(2)7-10/h4-7,11H,3,8H2,1-2H3,(H,14,15). The van der Waals surface area contributed by atoms with Gasteiger partial charge in [-0.25, -0.2) is 0 Å². The van der Waals surface area contributed by atoms with Gasteiger partial charge < -0.3 is 5.32 Å². The fraction of sp³-hybridized carbons (Fsp3) is 0.417. The molecule has 1 rings (SSSR count). The minimum absolute atomic E-state index is 0.00463. The van der Waals surface area contributed by atoms with Gasteiger partial charge in [0.05, 0.1) is 0 Å². The molecule has 0 saturated carbocycles. The van der Waals surface area contributed by atoms with Crippen molar-refractivity contribution in [2.75, 3.05) is 5.33 Å². The lowest BCUT2D eigenvalue weighted by Crippen LogP contribution is -2.35. The van der Waals surface area contributed by atoms with Gasteiger partial charge in [0.2, 0.25) is 0 Å². The van der Waals surface area contributed by atoms with Crippen molar-refractivity contribution in [3.05, 3.63) is 35.4 Å². The Labute approximate surface area is 99.2 Å². The molecule has 0 aliphatic rings. The molecule has 0 aliphatic carbocycles. The normalized spacial score (nSPS) is 12.2. The van der Waals surface area contributed by atoms with E-state index in [0.717, 1.165) is 22.9 Å². The number of nitrogens with one attached hydrogen (secondary N) is 1. The van der Waals surface area contributed by atoms with E-state index < -0.39 is 0 Å². The molecule has 1 atom stereocenters. The summed E-state index contributed by atoms with van der Waals surface area (Å²) >= 11 is 3.38. The molecule has 1 aromatic carbocycles. The van der Waals surface area contributed by atoms with Gasteiger partial charge in [0.25, 0.3) is 5.91 Å². The number of amides is 1. The van der Waals surface area contributed by atoms with Crippen LogP contribution < -0.4 is 5.32 Å². The fourth-order valence-corrected chi connectivity index (χ4v) is 1.92. The van der Waals surface area contributed by atoms with Crippen LogP contribution >= 0.6 is 15.9 Å². The fourth-order valence-electron chi connectivity index (χ4n) is 1.30. The minimum Gasteiger partial charge on any atom is -0.348 e. The summed E-state index contributed by atoms with van der Waals surface area (Å²) in [4.78, 5) is 11.8. The Kier molecular flexibility index (Phi) is 4.82. The van der Waals surface area contributed by atoms with E-state index in [1.165, 1.54) is 0 Å². The number of carbonyl (C=O) groups is 1. The second-order valence-electron chi connectivity index (χ2n) is 3.60. The van der Waals surface area contributed by atoms with Crippen molar-refractivity contribution in [1.29, 1.82) is 0 Å². The molecule has 3 heteroatoms. The second-order valence-corrected chi connectivity index (χ2v) is 4.25. The van der Waals surface area contributed by atoms with Crippen LogP contribution in [0, 0.1) is 6.92 Å². The van der Waals surface area contributed by atoms with Crippen LogP contribution in [0.5, 0.6) is 0 Å². The molecule has 1 amide bonds. The van der Waals surface area contributed by atoms with Crippen LogP contribution in [0.1, 0.15) is 29.3 Å². The lowest BCUT2D eigenvalue weighted by Gasteiger charge is -2.13. The molecule has 15 heavy (non-hydrogen) atoms. The Morgan fingerprint density at radius 3 is 2.80 bits per heavy atom. The van der Waals surface area contributed by atoms with Gasteiger partial charge in [0.1, 0.15) is 0 Å². The summed E-state index contributed by atoms with van der Waals surface area (Å²) in [6.45, 7) is 4.04. The Morgan fingerprint density at radius 1 is 1.53 bits per heavy atom. The van der Waals surface area contributed by atoms with Gasteiger partial charge >= 0.3 is 0 Å². The molecule has 0 radical (unpaired) electrons. The first-order chi connectivity index (χ1) is 7.17. The number of carbonyl (C=O) groups excluding carboxylic acids is 1. The smallest absolute Gasteiger partial charge is 0.251 e. The summed E-state index contributed by atoms with van der Waals surface area (Å²) < 4.78 is 0. The van der Waals surface area contributed by atoms with Crippen LogP contribution in [0.2, 0.25) is 0 Å². The summed E-state index contributed by atoms with van der Waals surface area (Å²) in [7, 11) is 0. The number of halogens is 1. The average Bonchev–Trinajstić information content (AvgIpc) is 2.25. The predicted molar refractivity (Wildman–Crippen MR) is 66.5 cm³/mol. The number of rotatable bonds is 4. The van der Waals surface area contributed by atoms with E-state index in [4.69, 9.17) is 0 Å². The van der Waals surface area contributed by atoms with E-state index in [0.29, 0.717) is 0 Å². The molecule has 0 heterocycles. The number of benzene rings is 1. The summed E-state index contributed by atoms with van der Waals surface area (Å²) in [6.07, 6.45) is 0.933. The number of hydrogen-bond acceptors (Lipinski definition) is 1. The number of alkyl halides is 1. The molecule has 2 nitrogen and oxygen atoms in total. The first-order valence-electron chi connectivity index (χ1n) is 5.11. The molecular formula is C12H16BrNO. The van der Waals surface area contributed by atoms with Crippen LogP contribution in [-0.4, -0.2) is 17.3 Å². The van der Waals surface area contributed by atoms with Crippen LogP contribution in [0.15, 0.2) is 24.3 Å². The van der Waals surface area contributed by atoms with E-state index in [-0.39, 0.29) is 11.9 Å². The maximum Gasteiger partial charge on any atom is 0.251 e. The van der Waals surface area contributed by atoms with Crippen LogP contribution in [0.4, 0.5) is 0 Å². The van der Waals surface area contributed by atoms with Gasteiger partial charge in [-0.3, -0.25) is 4.79 Å². The van der Waals surface area contributed by atoms with Crippen molar-refractivity contribution < 1.29 is 4.79 Å². The summed E-state index contributed by atoms with van der Waals surface area (Å²) in [5.41, 5.74) is 1.84. The molecular weight excluding hydrogens is 254 g/mol. The van der Waals surface area contributed by atoms with E-state index in [1.54, 1.807) is 0 Å². The van der Waals surface area contributed by atoms with Gasteiger partial charge in [0, 0.05) is 16.9 Å². The maximum atomic E-state index is 11.8. The minimum atomic E-state index is 0.00463. The Balaban J connectivity index is 2.68. The summed E-state index contributed by atoms with van der Waals surface area (Å²) in [5.74, 6) is 0.00463. The highest BCUT2D eigenvalue weighted by atomic mass is 79.9. The Bertz CT molecular complexity index is 334. The average molecular weight is 270 g/mol. The van der Waals surface area contributed by atoms with Crippen LogP contribution in [0.25, 0.3) is 0 Å². The van der Waals surface area contributed by atoms with E-state index in [2.05, 4.69) is 28.2 Å². The summed E-state index contributed by atoms with van der Waals surface area (Å²) in [6, 6.07) is 7.83. The zero-order valence-corrected chi connectivity index (χ0v) is 10.7. The second kappa shape index (κ2) is 5.91. The third-order valence-corrected chi connectivity index (χ3v) is 3.08. The van der Waals surface area contributed by atoms with E-state index in [9.17, 15) is 4.79 Å². The summed E-state index contributed by atoms with van der Waals surface area (Å²) in [5, 5.41) is 3.77. The van der Waals surface area contributed by atoms with E-state index in [1.807, 2.05) is 31.2 Å². The van der Waals surface area contributed by atoms with Crippen molar-refractivity contribution in [2.24, 2.45) is 0 Å². The van der Waals surface area contributed by atoms with Gasteiger partial charge in [-0.05, 0) is 25.5 Å². The zero-order chi connectivity index (χ0) is 11.3. The molecule has 0 spiro atoms. The van der Waals surface area contributed by atoms with Crippen LogP contribution in [-0.2, 0) is 0 Å². The maximum absolute atomic E-state index is 11.8. The molecule has 82 valence electrons. The highest BCUT2D eigenvalue weighted by Gasteiger charge is 2.10. The van der Waals surface area contributed by atoms with Gasteiger partial charge in [-0.15, -0.1) is 0 Å². The Hall–Kier alpha value is -0.830. The van der Waals surface area contributed by atoms with Crippen molar-refractivity contribution >= 4 is 21.8 Å². The predicted octanol–water partition coefficient (Wildman–Crippen LogP) is 2.90. The molecule has 1 unspecified atom stereocenters. The first-order valence-corrected chi connectivity index (χ1v) is 6.23. The highest BCUT2D eigenvalue weighted by molar-refractivity contribution is 9.09. The van der Waals surface area contributed by atoms with Crippen molar-refractivity contribution in [2.45, 2.75) is 26.3 Å². The quantitative estimate of drug-likeness (QED) is 0.837. The zero-order valence-electron chi connectivity index (χ0n) is 9.09. The van der Waals surface area contributed by atoms with Gasteiger partial charge in [-0.2, -0.15) is 0 Å². The third kappa shape index (κ3) is 3.67. The molecule has 1 N–H and O–H groups in total. The first kappa shape index (κ1) is 12.2. The van der Waals surface area contributed by atoms with Crippen molar-refractivity contribution in [1.82, 2.24) is 5.32 Å². The Morgan fingerprint density at radius 2 is 2.27 bits per heavy atom. The molecule has 0 aromatic heterocycles. The highest BCUT2D eigenvalue weighted by Crippen LogP contribution is 2.05. The molecule has 0 bridgehead atoms. The molecule has 1 aromatic rings. The van der Waals surface area contributed by atoms with Crippen molar-refractivity contribution in [3.63, 3.8) is 0 Å². The van der Waals surface area contributed by atoms with Crippen LogP contribution in [0.3, 0.4) is 0 Å². The number of hydrogen-bond donors (Lipinski definition) is 1. The number of aryl methyl sites for hydroxylation is 1. The third-order valence-electron chi connectivity index (χ3n) is 2.29. The molecule has 0 aliphatic heterocycles. The van der Waals surface area contributed by atoms with Gasteiger partial charge in [-0.1, -0.05) is 40.5 Å².